The summed E-state index contributed by atoms with van der Waals surface area (Å²) in [5, 5.41) is 11.1. The number of amides is 1. The first-order valence-electron chi connectivity index (χ1n) is 7.72. The van der Waals surface area contributed by atoms with Gasteiger partial charge in [-0.1, -0.05) is 30.3 Å². The van der Waals surface area contributed by atoms with E-state index in [2.05, 4.69) is 20.6 Å². The van der Waals surface area contributed by atoms with Gasteiger partial charge in [0.15, 0.2) is 0 Å². The average Bonchev–Trinajstić information content (AvgIpc) is 2.63. The van der Waals surface area contributed by atoms with Crippen LogP contribution in [0.1, 0.15) is 25.1 Å². The molecule has 0 radical (unpaired) electrons. The first kappa shape index (κ1) is 15.8. The summed E-state index contributed by atoms with van der Waals surface area (Å²) in [4.78, 5) is 28.9. The summed E-state index contributed by atoms with van der Waals surface area (Å²) in [6, 6.07) is 12.3. The van der Waals surface area contributed by atoms with Crippen LogP contribution in [0.15, 0.2) is 53.5 Å². The Hall–Kier alpha value is -3.09. The van der Waals surface area contributed by atoms with Crippen molar-refractivity contribution in [2.45, 2.75) is 25.9 Å². The van der Waals surface area contributed by atoms with Crippen LogP contribution >= 0.6 is 0 Å². The summed E-state index contributed by atoms with van der Waals surface area (Å²) in [6.07, 6.45) is 2.38. The highest BCUT2D eigenvalue weighted by atomic mass is 16.2. The van der Waals surface area contributed by atoms with E-state index in [9.17, 15) is 9.59 Å². The second-order valence-corrected chi connectivity index (χ2v) is 5.35. The third-order valence-electron chi connectivity index (χ3n) is 3.71. The number of hydrogen-bond acceptors (Lipinski definition) is 5. The molecule has 7 nitrogen and oxygen atoms in total. The molecule has 24 heavy (non-hydrogen) atoms. The number of pyridine rings is 1. The summed E-state index contributed by atoms with van der Waals surface area (Å²) >= 11 is 0. The van der Waals surface area contributed by atoms with E-state index < -0.39 is 0 Å². The van der Waals surface area contributed by atoms with E-state index in [1.54, 1.807) is 30.5 Å². The van der Waals surface area contributed by atoms with Gasteiger partial charge in [0.2, 0.25) is 5.91 Å². The largest absolute Gasteiger partial charge is 0.346 e. The molecule has 3 rings (SSSR count). The number of carbonyl (C=O) groups is 1. The lowest BCUT2D eigenvalue weighted by Gasteiger charge is -2.16. The number of fused-ring (bicyclic) bond motifs is 1. The highest BCUT2D eigenvalue weighted by molar-refractivity contribution is 5.78. The van der Waals surface area contributed by atoms with Crippen LogP contribution in [0.25, 0.3) is 10.9 Å². The van der Waals surface area contributed by atoms with Gasteiger partial charge in [-0.05, 0) is 30.7 Å². The zero-order valence-electron chi connectivity index (χ0n) is 13.2. The zero-order valence-corrected chi connectivity index (χ0v) is 13.2. The monoisotopic (exact) mass is 323 g/mol. The van der Waals surface area contributed by atoms with Crippen LogP contribution in [-0.2, 0) is 11.3 Å². The Labute approximate surface area is 138 Å². The fourth-order valence-electron chi connectivity index (χ4n) is 2.47. The van der Waals surface area contributed by atoms with Crippen molar-refractivity contribution in [2.24, 2.45) is 0 Å². The van der Waals surface area contributed by atoms with Crippen molar-refractivity contribution < 1.29 is 4.79 Å². The van der Waals surface area contributed by atoms with Crippen LogP contribution in [0.4, 0.5) is 0 Å². The molecule has 122 valence electrons. The number of nitrogens with zero attached hydrogens (tertiary/aromatic N) is 4. The van der Waals surface area contributed by atoms with E-state index in [4.69, 9.17) is 0 Å². The lowest BCUT2D eigenvalue weighted by molar-refractivity contribution is -0.122. The van der Waals surface area contributed by atoms with Crippen molar-refractivity contribution in [3.63, 3.8) is 0 Å². The van der Waals surface area contributed by atoms with Crippen molar-refractivity contribution in [1.82, 2.24) is 25.3 Å². The molecule has 0 saturated heterocycles. The van der Waals surface area contributed by atoms with Crippen molar-refractivity contribution in [1.29, 1.82) is 0 Å². The fourth-order valence-corrected chi connectivity index (χ4v) is 2.47. The quantitative estimate of drug-likeness (QED) is 0.767. The van der Waals surface area contributed by atoms with Crippen LogP contribution in [-0.4, -0.2) is 25.9 Å². The van der Waals surface area contributed by atoms with E-state index in [0.717, 1.165) is 10.4 Å². The third-order valence-corrected chi connectivity index (χ3v) is 3.71. The molecule has 2 aromatic heterocycles. The van der Waals surface area contributed by atoms with Crippen LogP contribution < -0.4 is 10.9 Å². The number of aromatic nitrogens is 4. The van der Waals surface area contributed by atoms with Gasteiger partial charge in [0.05, 0.1) is 17.1 Å². The molecule has 0 unspecified atom stereocenters. The van der Waals surface area contributed by atoms with Crippen molar-refractivity contribution in [3.05, 3.63) is 64.7 Å². The predicted molar refractivity (Wildman–Crippen MR) is 89.2 cm³/mol. The van der Waals surface area contributed by atoms with Gasteiger partial charge in [0.25, 0.3) is 5.56 Å². The molecule has 2 heterocycles. The van der Waals surface area contributed by atoms with Crippen LogP contribution in [0.3, 0.4) is 0 Å². The average molecular weight is 323 g/mol. The first-order valence-corrected chi connectivity index (χ1v) is 7.72. The first-order chi connectivity index (χ1) is 11.7. The Bertz CT molecular complexity index is 908. The number of hydrogen-bond donors (Lipinski definition) is 1. The molecule has 1 N–H and O–H groups in total. The number of nitrogens with one attached hydrogen (secondary N) is 1. The summed E-state index contributed by atoms with van der Waals surface area (Å²) in [6.45, 7) is 1.78. The predicted octanol–water partition coefficient (Wildman–Crippen LogP) is 1.45. The molecular weight excluding hydrogens is 306 g/mol. The van der Waals surface area contributed by atoms with Gasteiger partial charge in [-0.3, -0.25) is 14.6 Å². The Morgan fingerprint density at radius 1 is 1.21 bits per heavy atom. The van der Waals surface area contributed by atoms with E-state index in [0.29, 0.717) is 17.3 Å². The van der Waals surface area contributed by atoms with Gasteiger partial charge in [-0.15, -0.1) is 5.10 Å². The van der Waals surface area contributed by atoms with Gasteiger partial charge in [-0.25, -0.2) is 4.68 Å². The smallest absolute Gasteiger partial charge is 0.278 e. The van der Waals surface area contributed by atoms with Crippen molar-refractivity contribution in [3.8, 4) is 0 Å². The molecule has 0 spiro atoms. The standard InChI is InChI=1S/C17H17N5O2/c1-2-13(15-9-5-6-10-18-15)19-16(23)11-22-17(24)12-7-3-4-8-14(12)20-21-22/h3-10,13H,2,11H2,1H3,(H,19,23)/t13-/m0/s1. The normalized spacial score (nSPS) is 12.0. The molecule has 0 aliphatic carbocycles. The zero-order chi connectivity index (χ0) is 16.9. The van der Waals surface area contributed by atoms with Gasteiger partial charge in [0, 0.05) is 6.20 Å². The summed E-state index contributed by atoms with van der Waals surface area (Å²) < 4.78 is 1.07. The number of carbonyl (C=O) groups excluding carboxylic acids is 1. The van der Waals surface area contributed by atoms with Gasteiger partial charge < -0.3 is 5.32 Å². The van der Waals surface area contributed by atoms with Crippen LogP contribution in [0.5, 0.6) is 0 Å². The Morgan fingerprint density at radius 2 is 2.00 bits per heavy atom. The Kier molecular flexibility index (Phi) is 4.60. The van der Waals surface area contributed by atoms with E-state index in [1.807, 2.05) is 25.1 Å². The minimum Gasteiger partial charge on any atom is -0.346 e. The van der Waals surface area contributed by atoms with E-state index >= 15 is 0 Å². The molecule has 1 atom stereocenters. The van der Waals surface area contributed by atoms with E-state index in [1.165, 1.54) is 0 Å². The molecule has 7 heteroatoms. The van der Waals surface area contributed by atoms with Crippen LogP contribution in [0, 0.1) is 0 Å². The molecule has 0 aliphatic rings. The van der Waals surface area contributed by atoms with Crippen molar-refractivity contribution in [2.75, 3.05) is 0 Å². The minimum atomic E-state index is -0.332. The summed E-state index contributed by atoms with van der Waals surface area (Å²) in [7, 11) is 0. The van der Waals surface area contributed by atoms with Crippen LogP contribution in [0.2, 0.25) is 0 Å². The highest BCUT2D eigenvalue weighted by Crippen LogP contribution is 2.13. The molecule has 0 saturated carbocycles. The number of benzene rings is 1. The second-order valence-electron chi connectivity index (χ2n) is 5.35. The summed E-state index contributed by atoms with van der Waals surface area (Å²) in [5.41, 5.74) is 0.964. The molecular formula is C17H17N5O2. The third kappa shape index (κ3) is 3.29. The maximum Gasteiger partial charge on any atom is 0.278 e. The summed E-state index contributed by atoms with van der Waals surface area (Å²) in [5.74, 6) is -0.306. The topological polar surface area (TPSA) is 89.8 Å². The molecule has 1 amide bonds. The lowest BCUT2D eigenvalue weighted by Crippen LogP contribution is -2.36. The maximum atomic E-state index is 12.4. The SMILES string of the molecule is CC[C@H](NC(=O)Cn1nnc2ccccc2c1=O)c1ccccn1. The maximum absolute atomic E-state index is 12.4. The highest BCUT2D eigenvalue weighted by Gasteiger charge is 2.15. The van der Waals surface area contributed by atoms with E-state index in [-0.39, 0.29) is 24.1 Å². The molecule has 1 aromatic carbocycles. The van der Waals surface area contributed by atoms with Gasteiger partial charge >= 0.3 is 0 Å². The molecule has 3 aromatic rings. The van der Waals surface area contributed by atoms with Crippen molar-refractivity contribution >= 4 is 16.8 Å². The molecule has 0 fully saturated rings. The minimum absolute atomic E-state index is 0.181. The second kappa shape index (κ2) is 6.99. The Balaban J connectivity index is 1.77. The molecule has 0 aliphatic heterocycles. The van der Waals surface area contributed by atoms with Gasteiger partial charge in [0.1, 0.15) is 12.1 Å². The van der Waals surface area contributed by atoms with Gasteiger partial charge in [-0.2, -0.15) is 0 Å². The Morgan fingerprint density at radius 3 is 2.75 bits per heavy atom. The number of rotatable bonds is 5. The fraction of sp³-hybridized carbons (Fsp3) is 0.235. The lowest BCUT2D eigenvalue weighted by atomic mass is 10.1. The molecule has 0 bridgehead atoms.